The van der Waals surface area contributed by atoms with E-state index in [9.17, 15) is 4.79 Å². The monoisotopic (exact) mass is 144 g/mol. The summed E-state index contributed by atoms with van der Waals surface area (Å²) in [5.41, 5.74) is 0. The summed E-state index contributed by atoms with van der Waals surface area (Å²) in [4.78, 5) is 12.0. The van der Waals surface area contributed by atoms with Crippen molar-refractivity contribution in [3.63, 3.8) is 0 Å². The van der Waals surface area contributed by atoms with Gasteiger partial charge in [0.25, 0.3) is 0 Å². The molecule has 0 aliphatic carbocycles. The summed E-state index contributed by atoms with van der Waals surface area (Å²) >= 11 is 0. The van der Waals surface area contributed by atoms with Crippen molar-refractivity contribution < 1.29 is 4.79 Å². The Morgan fingerprint density at radius 1 is 1.60 bits per heavy atom. The van der Waals surface area contributed by atoms with Crippen LogP contribution in [0.1, 0.15) is 13.3 Å². The Labute approximate surface area is 62.4 Å². The summed E-state index contributed by atoms with van der Waals surface area (Å²) < 4.78 is 0. The van der Waals surface area contributed by atoms with E-state index in [1.54, 1.807) is 0 Å². The molecule has 0 rings (SSSR count). The third-order valence-electron chi connectivity index (χ3n) is 1.48. The number of carbonyl (C=O) groups excluding carboxylic acids is 1. The Morgan fingerprint density at radius 3 is 2.80 bits per heavy atom. The van der Waals surface area contributed by atoms with E-state index in [4.69, 9.17) is 0 Å². The molecule has 0 aromatic rings. The third-order valence-corrected chi connectivity index (χ3v) is 1.48. The van der Waals surface area contributed by atoms with Crippen LogP contribution >= 0.6 is 0 Å². The minimum absolute atomic E-state index is 0.742. The molecular formula is C7H16N2O. The summed E-state index contributed by atoms with van der Waals surface area (Å²) in [6, 6.07) is 0. The lowest BCUT2D eigenvalue weighted by molar-refractivity contribution is -0.109. The maximum Gasteiger partial charge on any atom is 0.207 e. The van der Waals surface area contributed by atoms with Gasteiger partial charge in [0.05, 0.1) is 0 Å². The fourth-order valence-corrected chi connectivity index (χ4v) is 0.668. The van der Waals surface area contributed by atoms with Crippen molar-refractivity contribution in [3.8, 4) is 0 Å². The van der Waals surface area contributed by atoms with E-state index in [-0.39, 0.29) is 0 Å². The van der Waals surface area contributed by atoms with Gasteiger partial charge in [-0.25, -0.2) is 0 Å². The zero-order valence-corrected chi connectivity index (χ0v) is 6.76. The molecule has 3 nitrogen and oxygen atoms in total. The molecule has 0 aliphatic rings. The van der Waals surface area contributed by atoms with Gasteiger partial charge in [-0.3, -0.25) is 4.79 Å². The second kappa shape index (κ2) is 6.55. The molecule has 60 valence electrons. The number of carbonyl (C=O) groups is 1. The van der Waals surface area contributed by atoms with Gasteiger partial charge >= 0.3 is 0 Å². The molecule has 0 atom stereocenters. The molecule has 0 fully saturated rings. The largest absolute Gasteiger partial charge is 0.359 e. The third kappa shape index (κ3) is 5.56. The topological polar surface area (TPSA) is 32.3 Å². The van der Waals surface area contributed by atoms with Crippen LogP contribution in [-0.4, -0.2) is 38.0 Å². The average molecular weight is 144 g/mol. The van der Waals surface area contributed by atoms with Gasteiger partial charge in [-0.1, -0.05) is 6.92 Å². The van der Waals surface area contributed by atoms with Crippen molar-refractivity contribution >= 4 is 6.41 Å². The number of hydrogen-bond acceptors (Lipinski definition) is 2. The Hall–Kier alpha value is -0.570. The number of amides is 1. The van der Waals surface area contributed by atoms with Gasteiger partial charge in [-0.05, 0) is 26.6 Å². The van der Waals surface area contributed by atoms with E-state index in [1.807, 2.05) is 0 Å². The van der Waals surface area contributed by atoms with Crippen LogP contribution in [0, 0.1) is 0 Å². The van der Waals surface area contributed by atoms with Crippen LogP contribution in [-0.2, 0) is 4.79 Å². The molecule has 0 bridgehead atoms. The molecular weight excluding hydrogens is 128 g/mol. The molecule has 0 unspecified atom stereocenters. The summed E-state index contributed by atoms with van der Waals surface area (Å²) in [5, 5.41) is 2.62. The first-order valence-corrected chi connectivity index (χ1v) is 3.66. The van der Waals surface area contributed by atoms with E-state index in [0.29, 0.717) is 0 Å². The van der Waals surface area contributed by atoms with Crippen molar-refractivity contribution in [2.24, 2.45) is 0 Å². The van der Waals surface area contributed by atoms with Gasteiger partial charge in [0.1, 0.15) is 0 Å². The van der Waals surface area contributed by atoms with E-state index in [0.717, 1.165) is 32.5 Å². The van der Waals surface area contributed by atoms with E-state index in [2.05, 4.69) is 24.2 Å². The molecule has 0 aliphatic heterocycles. The predicted octanol–water partition coefficient (Wildman–Crippen LogP) is 0.0742. The van der Waals surface area contributed by atoms with Gasteiger partial charge < -0.3 is 10.2 Å². The van der Waals surface area contributed by atoms with Crippen LogP contribution in [0.15, 0.2) is 0 Å². The van der Waals surface area contributed by atoms with Crippen LogP contribution in [0.2, 0.25) is 0 Å². The van der Waals surface area contributed by atoms with Crippen molar-refractivity contribution in [1.82, 2.24) is 10.2 Å². The van der Waals surface area contributed by atoms with Gasteiger partial charge in [0.2, 0.25) is 6.41 Å². The zero-order chi connectivity index (χ0) is 7.82. The summed E-state index contributed by atoms with van der Waals surface area (Å²) in [6.07, 6.45) is 1.77. The maximum absolute atomic E-state index is 9.79. The first-order chi connectivity index (χ1) is 4.81. The molecule has 0 spiro atoms. The molecule has 0 radical (unpaired) electrons. The minimum Gasteiger partial charge on any atom is -0.359 e. The Balaban J connectivity index is 2.95. The zero-order valence-electron chi connectivity index (χ0n) is 6.76. The molecule has 0 aromatic carbocycles. The Bertz CT molecular complexity index is 85.7. The fraction of sp³-hybridized carbons (Fsp3) is 0.857. The number of nitrogens with zero attached hydrogens (tertiary/aromatic N) is 1. The summed E-state index contributed by atoms with van der Waals surface area (Å²) in [5.74, 6) is 0. The number of rotatable bonds is 6. The van der Waals surface area contributed by atoms with Crippen LogP contribution in [0.4, 0.5) is 0 Å². The molecule has 0 aromatic heterocycles. The lowest BCUT2D eigenvalue weighted by Gasteiger charge is -2.12. The van der Waals surface area contributed by atoms with Crippen molar-refractivity contribution in [1.29, 1.82) is 0 Å². The Kier molecular flexibility index (Phi) is 6.18. The highest BCUT2D eigenvalue weighted by Gasteiger charge is 1.91. The fourth-order valence-electron chi connectivity index (χ4n) is 0.668. The molecule has 1 N–H and O–H groups in total. The predicted molar refractivity (Wildman–Crippen MR) is 41.9 cm³/mol. The second-order valence-electron chi connectivity index (χ2n) is 2.32. The van der Waals surface area contributed by atoms with E-state index < -0.39 is 0 Å². The standard InChI is InChI=1S/C7H16N2O/c1-3-9(2)6-4-5-8-7-10/h7H,3-6H2,1-2H3,(H,8,10). The molecule has 0 saturated heterocycles. The molecule has 0 heterocycles. The van der Waals surface area contributed by atoms with Gasteiger partial charge in [0, 0.05) is 6.54 Å². The first-order valence-electron chi connectivity index (χ1n) is 3.66. The highest BCUT2D eigenvalue weighted by atomic mass is 16.1. The van der Waals surface area contributed by atoms with Gasteiger partial charge in [-0.2, -0.15) is 0 Å². The Morgan fingerprint density at radius 2 is 2.30 bits per heavy atom. The van der Waals surface area contributed by atoms with Crippen LogP contribution in [0.3, 0.4) is 0 Å². The van der Waals surface area contributed by atoms with Crippen molar-refractivity contribution in [2.45, 2.75) is 13.3 Å². The van der Waals surface area contributed by atoms with E-state index >= 15 is 0 Å². The van der Waals surface area contributed by atoms with Crippen molar-refractivity contribution in [2.75, 3.05) is 26.7 Å². The molecule has 1 amide bonds. The van der Waals surface area contributed by atoms with Crippen LogP contribution in [0.5, 0.6) is 0 Å². The average Bonchev–Trinajstić information content (AvgIpc) is 1.98. The van der Waals surface area contributed by atoms with Gasteiger partial charge in [-0.15, -0.1) is 0 Å². The molecule has 0 saturated carbocycles. The second-order valence-corrected chi connectivity index (χ2v) is 2.32. The minimum atomic E-state index is 0.742. The first kappa shape index (κ1) is 9.43. The molecule has 3 heteroatoms. The van der Waals surface area contributed by atoms with Gasteiger partial charge in [0.15, 0.2) is 0 Å². The normalized spacial score (nSPS) is 9.90. The number of nitrogens with one attached hydrogen (secondary N) is 1. The lowest BCUT2D eigenvalue weighted by atomic mass is 10.4. The van der Waals surface area contributed by atoms with Crippen LogP contribution in [0.25, 0.3) is 0 Å². The quantitative estimate of drug-likeness (QED) is 0.423. The highest BCUT2D eigenvalue weighted by molar-refractivity contribution is 5.45. The summed E-state index contributed by atoms with van der Waals surface area (Å²) in [6.45, 7) is 5.03. The SMILES string of the molecule is CCN(C)CCCNC=O. The smallest absolute Gasteiger partial charge is 0.207 e. The molecule has 10 heavy (non-hydrogen) atoms. The lowest BCUT2D eigenvalue weighted by Crippen LogP contribution is -2.23. The maximum atomic E-state index is 9.79. The van der Waals surface area contributed by atoms with Crippen LogP contribution < -0.4 is 5.32 Å². The van der Waals surface area contributed by atoms with Crippen molar-refractivity contribution in [3.05, 3.63) is 0 Å². The van der Waals surface area contributed by atoms with E-state index in [1.165, 1.54) is 0 Å². The summed E-state index contributed by atoms with van der Waals surface area (Å²) in [7, 11) is 2.07. The highest BCUT2D eigenvalue weighted by Crippen LogP contribution is 1.83. The number of hydrogen-bond donors (Lipinski definition) is 1.